The fourth-order valence-corrected chi connectivity index (χ4v) is 4.49. The van der Waals surface area contributed by atoms with E-state index >= 15 is 0 Å². The number of hydrogen-bond acceptors (Lipinski definition) is 8. The number of hydrogen-bond donors (Lipinski definition) is 2. The van der Waals surface area contributed by atoms with E-state index in [-0.39, 0.29) is 36.3 Å². The van der Waals surface area contributed by atoms with Gasteiger partial charge in [-0.2, -0.15) is 0 Å². The summed E-state index contributed by atoms with van der Waals surface area (Å²) in [7, 11) is 1.65. The van der Waals surface area contributed by atoms with Crippen LogP contribution in [0.15, 0.2) is 12.1 Å². The molecule has 2 atom stereocenters. The summed E-state index contributed by atoms with van der Waals surface area (Å²) in [6.45, 7) is 7.11. The highest BCUT2D eigenvalue weighted by Crippen LogP contribution is 2.22. The van der Waals surface area contributed by atoms with Crippen LogP contribution in [0.2, 0.25) is 0 Å². The maximum atomic E-state index is 12.9. The van der Waals surface area contributed by atoms with Crippen LogP contribution in [0.25, 0.3) is 0 Å². The first-order chi connectivity index (χ1) is 17.9. The normalized spacial score (nSPS) is 17.9. The summed E-state index contributed by atoms with van der Waals surface area (Å²) in [5.74, 6) is -2.00. The van der Waals surface area contributed by atoms with Gasteiger partial charge in [-0.15, -0.1) is 0 Å². The molecule has 12 nitrogen and oxygen atoms in total. The van der Waals surface area contributed by atoms with E-state index in [9.17, 15) is 33.6 Å². The lowest BCUT2D eigenvalue weighted by Gasteiger charge is -2.41. The topological polar surface area (TPSA) is 153 Å². The number of rotatable bonds is 8. The number of aryl methyl sites for hydroxylation is 3. The molecule has 3 rings (SSSR count). The standard InChI is InChI=1S/C20H24N4O5.C6H11NO2/c1-12-9-13(2)17(14(3)10-12)18(27)19(28)21-22-8-6-16(26)23-7-4-5-15(11-25)24(23)20(22)29;1-5(9)3-6(4-8)7-2/h9-11,15H,4-8H2,1-3H3,(H,21,28);4,6-7H,3H2,1-2H3/t15-;6-/m00/s1. The second-order valence-corrected chi connectivity index (χ2v) is 9.37. The molecule has 2 aliphatic heterocycles. The Morgan fingerprint density at radius 3 is 2.21 bits per heavy atom. The average Bonchev–Trinajstić information content (AvgIpc) is 2.98. The molecule has 0 spiro atoms. The molecule has 1 aromatic carbocycles. The maximum absolute atomic E-state index is 12.9. The van der Waals surface area contributed by atoms with Gasteiger partial charge in [0.25, 0.3) is 5.78 Å². The van der Waals surface area contributed by atoms with Gasteiger partial charge in [-0.1, -0.05) is 17.7 Å². The number of carbonyl (C=O) groups is 7. The molecule has 1 aromatic rings. The van der Waals surface area contributed by atoms with Crippen molar-refractivity contribution in [2.24, 2.45) is 0 Å². The summed E-state index contributed by atoms with van der Waals surface area (Å²) in [4.78, 5) is 82.5. The van der Waals surface area contributed by atoms with Crippen molar-refractivity contribution in [3.8, 4) is 0 Å². The summed E-state index contributed by atoms with van der Waals surface area (Å²) >= 11 is 0. The highest BCUT2D eigenvalue weighted by atomic mass is 16.2. The second-order valence-electron chi connectivity index (χ2n) is 9.37. The molecule has 4 amide bonds. The van der Waals surface area contributed by atoms with Crippen molar-refractivity contribution in [1.29, 1.82) is 0 Å². The first-order valence-electron chi connectivity index (χ1n) is 12.4. The van der Waals surface area contributed by atoms with Crippen LogP contribution in [0.5, 0.6) is 0 Å². The van der Waals surface area contributed by atoms with E-state index < -0.39 is 23.8 Å². The molecule has 0 radical (unpaired) electrons. The Morgan fingerprint density at radius 1 is 1.08 bits per heavy atom. The van der Waals surface area contributed by atoms with Gasteiger partial charge in [0.2, 0.25) is 5.91 Å². The quantitative estimate of drug-likeness (QED) is 0.285. The van der Waals surface area contributed by atoms with Gasteiger partial charge in [0.1, 0.15) is 24.4 Å². The zero-order chi connectivity index (χ0) is 28.6. The van der Waals surface area contributed by atoms with Crippen molar-refractivity contribution >= 4 is 42.0 Å². The van der Waals surface area contributed by atoms with Crippen LogP contribution in [0.3, 0.4) is 0 Å². The Hall–Kier alpha value is -3.93. The van der Waals surface area contributed by atoms with E-state index in [4.69, 9.17) is 0 Å². The van der Waals surface area contributed by atoms with Crippen molar-refractivity contribution < 1.29 is 33.6 Å². The lowest BCUT2D eigenvalue weighted by Crippen LogP contribution is -2.61. The van der Waals surface area contributed by atoms with Crippen LogP contribution >= 0.6 is 0 Å². The first-order valence-corrected chi connectivity index (χ1v) is 12.4. The van der Waals surface area contributed by atoms with Crippen molar-refractivity contribution in [3.05, 3.63) is 34.4 Å². The number of ketones is 2. The van der Waals surface area contributed by atoms with Crippen molar-refractivity contribution in [2.45, 2.75) is 65.5 Å². The van der Waals surface area contributed by atoms with Crippen LogP contribution in [-0.2, 0) is 24.0 Å². The van der Waals surface area contributed by atoms with E-state index in [1.807, 2.05) is 19.1 Å². The number of nitrogens with zero attached hydrogens (tertiary/aromatic N) is 3. The number of amides is 4. The molecule has 38 heavy (non-hydrogen) atoms. The van der Waals surface area contributed by atoms with Gasteiger partial charge in [0.15, 0.2) is 0 Å². The molecule has 206 valence electrons. The molecule has 2 fully saturated rings. The fourth-order valence-electron chi connectivity index (χ4n) is 4.49. The Bertz CT molecular complexity index is 1100. The van der Waals surface area contributed by atoms with E-state index in [0.29, 0.717) is 43.2 Å². The third-order valence-corrected chi connectivity index (χ3v) is 6.25. The number of Topliss-reactive ketones (excluding diaryl/α,β-unsaturated/α-hetero) is 2. The van der Waals surface area contributed by atoms with Gasteiger partial charge in [0, 0.05) is 24.9 Å². The van der Waals surface area contributed by atoms with Crippen molar-refractivity contribution in [2.75, 3.05) is 20.1 Å². The number of carbonyl (C=O) groups excluding carboxylic acids is 7. The smallest absolute Gasteiger partial charge is 0.310 e. The second kappa shape index (κ2) is 13.6. The largest absolute Gasteiger partial charge is 0.358 e. The molecule has 0 aliphatic carbocycles. The summed E-state index contributed by atoms with van der Waals surface area (Å²) < 4.78 is 0. The molecule has 2 saturated heterocycles. The highest BCUT2D eigenvalue weighted by molar-refractivity contribution is 6.43. The molecule has 0 saturated carbocycles. The van der Waals surface area contributed by atoms with Crippen LogP contribution < -0.4 is 10.7 Å². The summed E-state index contributed by atoms with van der Waals surface area (Å²) in [6, 6.07) is 1.83. The number of aldehydes is 2. The maximum Gasteiger partial charge on any atom is 0.358 e. The predicted octanol–water partition coefficient (Wildman–Crippen LogP) is 0.811. The molecular formula is C26H35N5O7. The highest BCUT2D eigenvalue weighted by Gasteiger charge is 2.41. The summed E-state index contributed by atoms with van der Waals surface area (Å²) in [6.07, 6.45) is 2.66. The molecular weight excluding hydrogens is 494 g/mol. The summed E-state index contributed by atoms with van der Waals surface area (Å²) in [5.41, 5.74) is 4.94. The third kappa shape index (κ3) is 7.31. The van der Waals surface area contributed by atoms with E-state index in [0.717, 1.165) is 21.9 Å². The van der Waals surface area contributed by atoms with E-state index in [1.165, 1.54) is 11.9 Å². The number of hydrazine groups is 2. The molecule has 0 aromatic heterocycles. The molecule has 2 heterocycles. The van der Waals surface area contributed by atoms with Gasteiger partial charge in [0.05, 0.1) is 12.6 Å². The number of urea groups is 1. The average molecular weight is 530 g/mol. The lowest BCUT2D eigenvalue weighted by molar-refractivity contribution is -0.151. The minimum Gasteiger partial charge on any atom is -0.310 e. The van der Waals surface area contributed by atoms with Crippen LogP contribution in [0, 0.1) is 20.8 Å². The zero-order valence-corrected chi connectivity index (χ0v) is 22.4. The monoisotopic (exact) mass is 529 g/mol. The number of nitrogens with one attached hydrogen (secondary N) is 2. The van der Waals surface area contributed by atoms with Gasteiger partial charge < -0.3 is 14.9 Å². The minimum absolute atomic E-state index is 0.0229. The molecule has 2 N–H and O–H groups in total. The van der Waals surface area contributed by atoms with Crippen molar-refractivity contribution in [3.63, 3.8) is 0 Å². The molecule has 0 bridgehead atoms. The van der Waals surface area contributed by atoms with Crippen molar-refractivity contribution in [1.82, 2.24) is 25.8 Å². The van der Waals surface area contributed by atoms with Gasteiger partial charge in [-0.05, 0) is 58.7 Å². The third-order valence-electron chi connectivity index (χ3n) is 6.25. The van der Waals surface area contributed by atoms with Crippen LogP contribution in [0.1, 0.15) is 59.7 Å². The Labute approximate surface area is 221 Å². The summed E-state index contributed by atoms with van der Waals surface area (Å²) in [5, 5.41) is 5.98. The SMILES string of the molecule is CN[C@H](C=O)CC(C)=O.Cc1cc(C)c(C(=O)C(=O)NN2CCC(=O)N3CCC[C@@H](C=O)N3C2=O)c(C)c1. The van der Waals surface area contributed by atoms with E-state index in [1.54, 1.807) is 20.9 Å². The molecule has 0 unspecified atom stereocenters. The molecule has 12 heteroatoms. The lowest BCUT2D eigenvalue weighted by atomic mass is 9.96. The Balaban J connectivity index is 0.000000484. The van der Waals surface area contributed by atoms with Gasteiger partial charge >= 0.3 is 11.9 Å². The predicted molar refractivity (Wildman–Crippen MR) is 137 cm³/mol. The van der Waals surface area contributed by atoms with Gasteiger partial charge in [-0.25, -0.2) is 19.8 Å². The van der Waals surface area contributed by atoms with E-state index in [2.05, 4.69) is 10.7 Å². The first kappa shape index (κ1) is 30.3. The van der Waals surface area contributed by atoms with Gasteiger partial charge in [-0.3, -0.25) is 24.6 Å². The number of fused-ring (bicyclic) bond motifs is 1. The van der Waals surface area contributed by atoms with Crippen LogP contribution in [-0.4, -0.2) is 89.2 Å². The number of benzene rings is 1. The van der Waals surface area contributed by atoms with Crippen LogP contribution in [0.4, 0.5) is 4.79 Å². The fraction of sp³-hybridized carbons (Fsp3) is 0.500. The Morgan fingerprint density at radius 2 is 1.71 bits per heavy atom. The molecule has 2 aliphatic rings. The Kier molecular flexibility index (Phi) is 10.8. The zero-order valence-electron chi connectivity index (χ0n) is 22.4. The minimum atomic E-state index is -0.964. The number of likely N-dealkylation sites (N-methyl/N-ethyl adjacent to an activating group) is 1.